The zero-order valence-electron chi connectivity index (χ0n) is 9.29. The molecule has 0 radical (unpaired) electrons. The summed E-state index contributed by atoms with van der Waals surface area (Å²) in [7, 11) is 0. The third-order valence-corrected chi connectivity index (χ3v) is 2.29. The van der Waals surface area contributed by atoms with E-state index in [9.17, 15) is 4.79 Å². The standard InChI is InChI=1S/C12H18N2O/c1-3-4-12(15)14-9(2)10-5-7-11(13)8-6-10/h5-9H,3-4,13H2,1-2H3,(H,14,15). The van der Waals surface area contributed by atoms with Crippen molar-refractivity contribution in [2.45, 2.75) is 32.7 Å². The van der Waals surface area contributed by atoms with Gasteiger partial charge in [-0.25, -0.2) is 0 Å². The van der Waals surface area contributed by atoms with E-state index in [1.54, 1.807) is 0 Å². The molecule has 0 aliphatic rings. The first-order chi connectivity index (χ1) is 7.13. The van der Waals surface area contributed by atoms with E-state index in [1.165, 1.54) is 0 Å². The molecule has 1 aromatic carbocycles. The van der Waals surface area contributed by atoms with Gasteiger partial charge in [0.25, 0.3) is 0 Å². The van der Waals surface area contributed by atoms with Crippen molar-refractivity contribution in [3.05, 3.63) is 29.8 Å². The summed E-state index contributed by atoms with van der Waals surface area (Å²) in [6.07, 6.45) is 1.46. The minimum absolute atomic E-state index is 0.0460. The van der Waals surface area contributed by atoms with Gasteiger partial charge < -0.3 is 11.1 Å². The zero-order valence-corrected chi connectivity index (χ0v) is 9.29. The Morgan fingerprint density at radius 2 is 2.00 bits per heavy atom. The second-order valence-electron chi connectivity index (χ2n) is 3.71. The maximum absolute atomic E-state index is 11.4. The molecule has 3 nitrogen and oxygen atoms in total. The normalized spacial score (nSPS) is 12.1. The minimum Gasteiger partial charge on any atom is -0.399 e. The molecule has 1 aromatic rings. The van der Waals surface area contributed by atoms with Crippen LogP contribution in [-0.2, 0) is 4.79 Å². The number of carbonyl (C=O) groups is 1. The monoisotopic (exact) mass is 206 g/mol. The Morgan fingerprint density at radius 3 is 2.53 bits per heavy atom. The minimum atomic E-state index is 0.0460. The molecule has 0 spiro atoms. The highest BCUT2D eigenvalue weighted by Crippen LogP contribution is 2.14. The van der Waals surface area contributed by atoms with Crippen molar-refractivity contribution in [3.63, 3.8) is 0 Å². The summed E-state index contributed by atoms with van der Waals surface area (Å²) in [5.74, 6) is 0.0989. The summed E-state index contributed by atoms with van der Waals surface area (Å²) in [6.45, 7) is 3.96. The van der Waals surface area contributed by atoms with Crippen LogP contribution < -0.4 is 11.1 Å². The van der Waals surface area contributed by atoms with Crippen LogP contribution in [0.15, 0.2) is 24.3 Å². The number of nitrogens with two attached hydrogens (primary N) is 1. The molecular weight excluding hydrogens is 188 g/mol. The highest BCUT2D eigenvalue weighted by atomic mass is 16.1. The van der Waals surface area contributed by atoms with Crippen LogP contribution in [0.25, 0.3) is 0 Å². The molecule has 1 rings (SSSR count). The molecule has 0 aliphatic carbocycles. The molecule has 0 aliphatic heterocycles. The lowest BCUT2D eigenvalue weighted by Gasteiger charge is -2.14. The largest absolute Gasteiger partial charge is 0.399 e. The molecule has 1 atom stereocenters. The van der Waals surface area contributed by atoms with Gasteiger partial charge in [-0.1, -0.05) is 19.1 Å². The molecular formula is C12H18N2O. The summed E-state index contributed by atoms with van der Waals surface area (Å²) in [5, 5.41) is 2.94. The lowest BCUT2D eigenvalue weighted by atomic mass is 10.1. The third kappa shape index (κ3) is 3.62. The number of carbonyl (C=O) groups excluding carboxylic acids is 1. The van der Waals surface area contributed by atoms with Gasteiger partial charge in [0, 0.05) is 12.1 Å². The van der Waals surface area contributed by atoms with E-state index in [-0.39, 0.29) is 11.9 Å². The van der Waals surface area contributed by atoms with Crippen molar-refractivity contribution in [2.24, 2.45) is 0 Å². The fourth-order valence-electron chi connectivity index (χ4n) is 1.41. The Balaban J connectivity index is 2.57. The number of hydrogen-bond acceptors (Lipinski definition) is 2. The van der Waals surface area contributed by atoms with E-state index < -0.39 is 0 Å². The fourth-order valence-corrected chi connectivity index (χ4v) is 1.41. The molecule has 3 heteroatoms. The molecule has 3 N–H and O–H groups in total. The van der Waals surface area contributed by atoms with Crippen LogP contribution in [0, 0.1) is 0 Å². The van der Waals surface area contributed by atoms with Gasteiger partial charge in [-0.15, -0.1) is 0 Å². The van der Waals surface area contributed by atoms with Gasteiger partial charge >= 0.3 is 0 Å². The summed E-state index contributed by atoms with van der Waals surface area (Å²) >= 11 is 0. The number of nitrogen functional groups attached to an aromatic ring is 1. The number of hydrogen-bond donors (Lipinski definition) is 2. The van der Waals surface area contributed by atoms with Crippen molar-refractivity contribution in [1.29, 1.82) is 0 Å². The summed E-state index contributed by atoms with van der Waals surface area (Å²) < 4.78 is 0. The highest BCUT2D eigenvalue weighted by molar-refractivity contribution is 5.76. The SMILES string of the molecule is CCCC(=O)NC(C)c1ccc(N)cc1. The molecule has 0 heterocycles. The topological polar surface area (TPSA) is 55.1 Å². The number of benzene rings is 1. The Labute approximate surface area is 90.7 Å². The van der Waals surface area contributed by atoms with Crippen molar-refractivity contribution >= 4 is 11.6 Å². The van der Waals surface area contributed by atoms with Crippen LogP contribution in [0.2, 0.25) is 0 Å². The molecule has 1 amide bonds. The second kappa shape index (κ2) is 5.39. The van der Waals surface area contributed by atoms with Crippen molar-refractivity contribution in [3.8, 4) is 0 Å². The smallest absolute Gasteiger partial charge is 0.220 e. The molecule has 0 bridgehead atoms. The average Bonchev–Trinajstić information content (AvgIpc) is 2.18. The molecule has 0 aromatic heterocycles. The lowest BCUT2D eigenvalue weighted by molar-refractivity contribution is -0.121. The first-order valence-corrected chi connectivity index (χ1v) is 5.28. The van der Waals surface area contributed by atoms with Crippen LogP contribution in [-0.4, -0.2) is 5.91 Å². The van der Waals surface area contributed by atoms with Gasteiger partial charge in [-0.3, -0.25) is 4.79 Å². The zero-order chi connectivity index (χ0) is 11.3. The number of amides is 1. The molecule has 1 unspecified atom stereocenters. The Morgan fingerprint density at radius 1 is 1.40 bits per heavy atom. The van der Waals surface area contributed by atoms with Gasteiger partial charge in [0.05, 0.1) is 6.04 Å². The maximum atomic E-state index is 11.4. The number of anilines is 1. The maximum Gasteiger partial charge on any atom is 0.220 e. The summed E-state index contributed by atoms with van der Waals surface area (Å²) in [4.78, 5) is 11.4. The Hall–Kier alpha value is -1.51. The summed E-state index contributed by atoms with van der Waals surface area (Å²) in [6, 6.07) is 7.61. The molecule has 0 saturated carbocycles. The van der Waals surface area contributed by atoms with Crippen molar-refractivity contribution < 1.29 is 4.79 Å². The molecule has 0 saturated heterocycles. The van der Waals surface area contributed by atoms with Crippen LogP contribution in [0.1, 0.15) is 38.3 Å². The van der Waals surface area contributed by atoms with E-state index >= 15 is 0 Å². The number of rotatable bonds is 4. The van der Waals surface area contributed by atoms with E-state index in [0.717, 1.165) is 17.7 Å². The second-order valence-corrected chi connectivity index (χ2v) is 3.71. The molecule has 0 fully saturated rings. The third-order valence-electron chi connectivity index (χ3n) is 2.29. The van der Waals surface area contributed by atoms with E-state index in [4.69, 9.17) is 5.73 Å². The first-order valence-electron chi connectivity index (χ1n) is 5.28. The first kappa shape index (κ1) is 11.6. The van der Waals surface area contributed by atoms with Crippen molar-refractivity contribution in [1.82, 2.24) is 5.32 Å². The number of nitrogens with one attached hydrogen (secondary N) is 1. The quantitative estimate of drug-likeness (QED) is 0.742. The van der Waals surface area contributed by atoms with Gasteiger partial charge in [0.15, 0.2) is 0 Å². The van der Waals surface area contributed by atoms with Crippen LogP contribution >= 0.6 is 0 Å². The van der Waals surface area contributed by atoms with Gasteiger partial charge in [-0.05, 0) is 31.0 Å². The van der Waals surface area contributed by atoms with Crippen molar-refractivity contribution in [2.75, 3.05) is 5.73 Å². The Bertz CT molecular complexity index is 319. The van der Waals surface area contributed by atoms with Crippen LogP contribution in [0.5, 0.6) is 0 Å². The highest BCUT2D eigenvalue weighted by Gasteiger charge is 2.07. The predicted octanol–water partition coefficient (Wildman–Crippen LogP) is 2.25. The average molecular weight is 206 g/mol. The summed E-state index contributed by atoms with van der Waals surface area (Å²) in [5.41, 5.74) is 7.41. The van der Waals surface area contributed by atoms with Gasteiger partial charge in [0.1, 0.15) is 0 Å². The van der Waals surface area contributed by atoms with Crippen LogP contribution in [0.3, 0.4) is 0 Å². The fraction of sp³-hybridized carbons (Fsp3) is 0.417. The van der Waals surface area contributed by atoms with E-state index in [1.807, 2.05) is 38.1 Å². The van der Waals surface area contributed by atoms with Gasteiger partial charge in [0.2, 0.25) is 5.91 Å². The predicted molar refractivity (Wildman–Crippen MR) is 62.3 cm³/mol. The van der Waals surface area contributed by atoms with E-state index in [0.29, 0.717) is 6.42 Å². The van der Waals surface area contributed by atoms with Gasteiger partial charge in [-0.2, -0.15) is 0 Å². The molecule has 15 heavy (non-hydrogen) atoms. The van der Waals surface area contributed by atoms with Crippen LogP contribution in [0.4, 0.5) is 5.69 Å². The molecule has 82 valence electrons. The van der Waals surface area contributed by atoms with E-state index in [2.05, 4.69) is 5.32 Å². The Kier molecular flexibility index (Phi) is 4.16. The lowest BCUT2D eigenvalue weighted by Crippen LogP contribution is -2.26.